The van der Waals surface area contributed by atoms with E-state index in [0.29, 0.717) is 13.0 Å². The van der Waals surface area contributed by atoms with E-state index in [1.165, 1.54) is 0 Å². The number of carbonyl (C=O) groups is 1. The van der Waals surface area contributed by atoms with Gasteiger partial charge in [0.1, 0.15) is 0 Å². The first-order valence-corrected chi connectivity index (χ1v) is 10.4. The van der Waals surface area contributed by atoms with Gasteiger partial charge in [0, 0.05) is 17.9 Å². The van der Waals surface area contributed by atoms with Crippen LogP contribution in [-0.4, -0.2) is 32.5 Å². The van der Waals surface area contributed by atoms with Crippen LogP contribution in [0.5, 0.6) is 0 Å². The molecule has 0 aliphatic carbocycles. The fourth-order valence-electron chi connectivity index (χ4n) is 2.50. The van der Waals surface area contributed by atoms with E-state index in [4.69, 9.17) is 4.74 Å². The molecule has 27 heavy (non-hydrogen) atoms. The summed E-state index contributed by atoms with van der Waals surface area (Å²) in [5.74, 6) is -0.421. The topological polar surface area (TPSA) is 85.4 Å². The zero-order valence-electron chi connectivity index (χ0n) is 16.0. The molecule has 0 unspecified atom stereocenters. The van der Waals surface area contributed by atoms with Crippen molar-refractivity contribution in [3.63, 3.8) is 0 Å². The van der Waals surface area contributed by atoms with Gasteiger partial charge in [0.25, 0.3) is 0 Å². The molecule has 0 spiro atoms. The van der Waals surface area contributed by atoms with Crippen molar-refractivity contribution in [2.24, 2.45) is 0 Å². The molecule has 1 heterocycles. The maximum Gasteiger partial charge on any atom is 0.307 e. The first-order chi connectivity index (χ1) is 12.8. The van der Waals surface area contributed by atoms with Crippen molar-refractivity contribution < 1.29 is 17.9 Å². The number of carbonyl (C=O) groups excluding carboxylic acids is 1. The Kier molecular flexibility index (Phi) is 7.50. The predicted molar refractivity (Wildman–Crippen MR) is 104 cm³/mol. The van der Waals surface area contributed by atoms with Gasteiger partial charge < -0.3 is 4.74 Å². The van der Waals surface area contributed by atoms with Crippen LogP contribution in [0.25, 0.3) is 0 Å². The summed E-state index contributed by atoms with van der Waals surface area (Å²) in [6.45, 7) is 6.01. The first kappa shape index (κ1) is 21.1. The van der Waals surface area contributed by atoms with Crippen LogP contribution in [0.1, 0.15) is 35.4 Å². The van der Waals surface area contributed by atoms with E-state index < -0.39 is 16.0 Å². The lowest BCUT2D eigenvalue weighted by Gasteiger charge is -2.09. The van der Waals surface area contributed by atoms with Gasteiger partial charge in [-0.2, -0.15) is 0 Å². The van der Waals surface area contributed by atoms with Crippen LogP contribution in [0, 0.1) is 20.8 Å². The molecule has 1 N–H and O–H groups in total. The Morgan fingerprint density at radius 3 is 2.59 bits per heavy atom. The number of rotatable bonds is 9. The van der Waals surface area contributed by atoms with Crippen molar-refractivity contribution in [3.05, 3.63) is 58.9 Å². The molecule has 0 atom stereocenters. The highest BCUT2D eigenvalue weighted by Crippen LogP contribution is 2.14. The second-order valence-electron chi connectivity index (χ2n) is 6.49. The summed E-state index contributed by atoms with van der Waals surface area (Å²) >= 11 is 0. The van der Waals surface area contributed by atoms with Crippen LogP contribution in [0.3, 0.4) is 0 Å². The maximum atomic E-state index is 12.3. The van der Waals surface area contributed by atoms with Crippen LogP contribution < -0.4 is 4.72 Å². The summed E-state index contributed by atoms with van der Waals surface area (Å²) < 4.78 is 32.1. The summed E-state index contributed by atoms with van der Waals surface area (Å²) in [5.41, 5.74) is 3.85. The number of ether oxygens (including phenoxy) is 1. The molecule has 0 saturated carbocycles. The second kappa shape index (κ2) is 9.62. The number of nitrogens with one attached hydrogen (secondary N) is 1. The van der Waals surface area contributed by atoms with Crippen LogP contribution >= 0.6 is 0 Å². The Morgan fingerprint density at radius 1 is 1.11 bits per heavy atom. The number of nitrogens with zero attached hydrogens (tertiary/aromatic N) is 1. The van der Waals surface area contributed by atoms with Gasteiger partial charge in [-0.15, -0.1) is 0 Å². The molecule has 0 radical (unpaired) electrons. The minimum Gasteiger partial charge on any atom is -0.466 e. The molecule has 6 nitrogen and oxygen atoms in total. The fourth-order valence-corrected chi connectivity index (χ4v) is 3.62. The van der Waals surface area contributed by atoms with Crippen molar-refractivity contribution in [2.75, 3.05) is 13.2 Å². The monoisotopic (exact) mass is 390 g/mol. The largest absolute Gasteiger partial charge is 0.466 e. The number of aryl methyl sites for hydroxylation is 4. The summed E-state index contributed by atoms with van der Waals surface area (Å²) in [6, 6.07) is 10.8. The van der Waals surface area contributed by atoms with Gasteiger partial charge >= 0.3 is 5.97 Å². The molecule has 1 aromatic carbocycles. The highest BCUT2D eigenvalue weighted by molar-refractivity contribution is 7.89. The van der Waals surface area contributed by atoms with Crippen LogP contribution in [0.15, 0.2) is 41.3 Å². The molecule has 0 aliphatic heterocycles. The molecule has 0 amide bonds. The van der Waals surface area contributed by atoms with E-state index in [9.17, 15) is 13.2 Å². The van der Waals surface area contributed by atoms with Crippen molar-refractivity contribution in [2.45, 2.75) is 44.9 Å². The Morgan fingerprint density at radius 2 is 1.89 bits per heavy atom. The predicted octanol–water partition coefficient (Wildman–Crippen LogP) is 2.85. The minimum atomic E-state index is -3.63. The minimum absolute atomic E-state index is 0.00717. The highest BCUT2D eigenvalue weighted by atomic mass is 32.2. The summed E-state index contributed by atoms with van der Waals surface area (Å²) in [5, 5.41) is 0. The Balaban J connectivity index is 1.70. The second-order valence-corrected chi connectivity index (χ2v) is 8.26. The van der Waals surface area contributed by atoms with Gasteiger partial charge in [-0.05, 0) is 69.0 Å². The van der Waals surface area contributed by atoms with E-state index in [1.807, 2.05) is 39.0 Å². The van der Waals surface area contributed by atoms with Crippen molar-refractivity contribution >= 4 is 16.0 Å². The number of sulfonamides is 1. The highest BCUT2D eigenvalue weighted by Gasteiger charge is 2.15. The lowest BCUT2D eigenvalue weighted by molar-refractivity contribution is -0.143. The van der Waals surface area contributed by atoms with Crippen molar-refractivity contribution in [1.82, 2.24) is 9.71 Å². The van der Waals surface area contributed by atoms with Gasteiger partial charge in [0.2, 0.25) is 10.0 Å². The van der Waals surface area contributed by atoms with Crippen LogP contribution in [0.4, 0.5) is 0 Å². The summed E-state index contributed by atoms with van der Waals surface area (Å²) in [7, 11) is -3.63. The van der Waals surface area contributed by atoms with Crippen molar-refractivity contribution in [3.8, 4) is 0 Å². The Hall–Kier alpha value is -2.25. The first-order valence-electron chi connectivity index (χ1n) is 8.93. The molecule has 2 aromatic rings. The van der Waals surface area contributed by atoms with E-state index in [-0.39, 0.29) is 17.9 Å². The molecule has 0 aliphatic rings. The average molecular weight is 391 g/mol. The van der Waals surface area contributed by atoms with Gasteiger partial charge in [-0.25, -0.2) is 13.1 Å². The number of esters is 1. The molecular weight excluding hydrogens is 364 g/mol. The summed E-state index contributed by atoms with van der Waals surface area (Å²) in [4.78, 5) is 16.3. The van der Waals surface area contributed by atoms with E-state index >= 15 is 0 Å². The molecule has 0 saturated heterocycles. The van der Waals surface area contributed by atoms with Gasteiger partial charge in [0.15, 0.2) is 0 Å². The molecule has 146 valence electrons. The number of benzene rings is 1. The Labute approximate surface area is 161 Å². The number of aromatic nitrogens is 1. The van der Waals surface area contributed by atoms with Gasteiger partial charge in [-0.1, -0.05) is 12.1 Å². The molecule has 7 heteroatoms. The Bertz CT molecular complexity index is 895. The van der Waals surface area contributed by atoms with Gasteiger partial charge in [0.05, 0.1) is 17.9 Å². The van der Waals surface area contributed by atoms with E-state index in [2.05, 4.69) is 9.71 Å². The van der Waals surface area contributed by atoms with E-state index in [0.717, 1.165) is 28.9 Å². The summed E-state index contributed by atoms with van der Waals surface area (Å²) in [6.07, 6.45) is 1.40. The molecule has 0 bridgehead atoms. The maximum absolute atomic E-state index is 12.3. The third kappa shape index (κ3) is 6.77. The average Bonchev–Trinajstić information content (AvgIpc) is 2.61. The van der Waals surface area contributed by atoms with Crippen LogP contribution in [0.2, 0.25) is 0 Å². The molecular formula is C20H26N2O4S. The zero-order chi connectivity index (χ0) is 19.9. The third-order valence-corrected chi connectivity index (χ3v) is 5.65. The number of pyridine rings is 1. The fraction of sp³-hybridized carbons (Fsp3) is 0.400. The van der Waals surface area contributed by atoms with E-state index in [1.54, 1.807) is 18.2 Å². The third-order valence-electron chi connectivity index (χ3n) is 4.20. The smallest absolute Gasteiger partial charge is 0.307 e. The lowest BCUT2D eigenvalue weighted by atomic mass is 10.1. The quantitative estimate of drug-likeness (QED) is 0.526. The van der Waals surface area contributed by atoms with Crippen LogP contribution in [-0.2, 0) is 26.0 Å². The SMILES string of the molecule is Cc1cccc(CCCOC(=O)CCNS(=O)(=O)c2ccc(C)c(C)c2)n1. The number of hydrogen-bond acceptors (Lipinski definition) is 5. The standard InChI is InChI=1S/C20H26N2O4S/c1-15-9-10-19(14-16(15)2)27(24,25)21-12-11-20(23)26-13-5-8-18-7-4-6-17(3)22-18/h4,6-7,9-10,14,21H,5,8,11-13H2,1-3H3. The van der Waals surface area contributed by atoms with Crippen molar-refractivity contribution in [1.29, 1.82) is 0 Å². The van der Waals surface area contributed by atoms with Gasteiger partial charge in [-0.3, -0.25) is 9.78 Å². The normalized spacial score (nSPS) is 11.4. The zero-order valence-corrected chi connectivity index (χ0v) is 16.8. The lowest BCUT2D eigenvalue weighted by Crippen LogP contribution is -2.27. The molecule has 2 rings (SSSR count). The number of hydrogen-bond donors (Lipinski definition) is 1. The molecule has 0 fully saturated rings. The molecule has 1 aromatic heterocycles.